The van der Waals surface area contributed by atoms with Gasteiger partial charge in [-0.25, -0.2) is 0 Å². The van der Waals surface area contributed by atoms with E-state index in [1.165, 1.54) is 18.4 Å². The first-order valence-corrected chi connectivity index (χ1v) is 6.82. The highest BCUT2D eigenvalue weighted by atomic mass is 16.3. The van der Waals surface area contributed by atoms with Crippen molar-refractivity contribution in [3.63, 3.8) is 0 Å². The third-order valence-corrected chi connectivity index (χ3v) is 3.76. The zero-order valence-electron chi connectivity index (χ0n) is 11.0. The summed E-state index contributed by atoms with van der Waals surface area (Å²) in [5, 5.41) is 22.5. The van der Waals surface area contributed by atoms with Crippen molar-refractivity contribution >= 4 is 0 Å². The number of aliphatic hydroxyl groups is 2. The standard InChI is InChI=1S/C15H23NO2/c1-11(17)15(18)14-4-2-12(3-5-14)10-13-6-8-16-9-7-13/h2-5,11,13,15-18H,6-10H2,1H3. The van der Waals surface area contributed by atoms with Crippen molar-refractivity contribution in [2.45, 2.75) is 38.4 Å². The van der Waals surface area contributed by atoms with Crippen LogP contribution in [0.5, 0.6) is 0 Å². The first-order chi connectivity index (χ1) is 8.66. The van der Waals surface area contributed by atoms with Gasteiger partial charge in [0.25, 0.3) is 0 Å². The molecular weight excluding hydrogens is 226 g/mol. The molecule has 1 heterocycles. The van der Waals surface area contributed by atoms with E-state index in [2.05, 4.69) is 17.4 Å². The van der Waals surface area contributed by atoms with Gasteiger partial charge in [-0.1, -0.05) is 24.3 Å². The van der Waals surface area contributed by atoms with Gasteiger partial charge in [0.1, 0.15) is 6.10 Å². The van der Waals surface area contributed by atoms with Gasteiger partial charge in [-0.2, -0.15) is 0 Å². The van der Waals surface area contributed by atoms with Gasteiger partial charge in [0, 0.05) is 0 Å². The van der Waals surface area contributed by atoms with Crippen molar-refractivity contribution in [2.75, 3.05) is 13.1 Å². The molecule has 0 aromatic heterocycles. The Morgan fingerprint density at radius 2 is 1.78 bits per heavy atom. The maximum Gasteiger partial charge on any atom is 0.105 e. The Morgan fingerprint density at radius 3 is 2.33 bits per heavy atom. The van der Waals surface area contributed by atoms with Crippen molar-refractivity contribution < 1.29 is 10.2 Å². The lowest BCUT2D eigenvalue weighted by Crippen LogP contribution is -2.28. The molecule has 1 aliphatic rings. The van der Waals surface area contributed by atoms with Gasteiger partial charge >= 0.3 is 0 Å². The predicted octanol–water partition coefficient (Wildman–Crippen LogP) is 1.64. The molecule has 0 aliphatic carbocycles. The molecule has 1 fully saturated rings. The maximum atomic E-state index is 9.75. The van der Waals surface area contributed by atoms with Crippen LogP contribution >= 0.6 is 0 Å². The summed E-state index contributed by atoms with van der Waals surface area (Å²) in [6.45, 7) is 3.86. The fraction of sp³-hybridized carbons (Fsp3) is 0.600. The second-order valence-electron chi connectivity index (χ2n) is 5.32. The van der Waals surface area contributed by atoms with Gasteiger partial charge in [0.15, 0.2) is 0 Å². The van der Waals surface area contributed by atoms with Crippen LogP contribution in [0.3, 0.4) is 0 Å². The number of benzene rings is 1. The van der Waals surface area contributed by atoms with Gasteiger partial charge in [-0.3, -0.25) is 0 Å². The van der Waals surface area contributed by atoms with E-state index in [-0.39, 0.29) is 0 Å². The minimum atomic E-state index is -0.780. The largest absolute Gasteiger partial charge is 0.390 e. The Kier molecular flexibility index (Phi) is 4.75. The summed E-state index contributed by atoms with van der Waals surface area (Å²) in [4.78, 5) is 0. The number of nitrogens with one attached hydrogen (secondary N) is 1. The topological polar surface area (TPSA) is 52.5 Å². The van der Waals surface area contributed by atoms with E-state index in [4.69, 9.17) is 0 Å². The molecule has 1 aromatic carbocycles. The van der Waals surface area contributed by atoms with Crippen LogP contribution in [0.15, 0.2) is 24.3 Å². The maximum absolute atomic E-state index is 9.75. The number of hydrogen-bond acceptors (Lipinski definition) is 3. The van der Waals surface area contributed by atoms with Crippen LogP contribution in [0.1, 0.15) is 37.0 Å². The van der Waals surface area contributed by atoms with E-state index >= 15 is 0 Å². The molecule has 1 aliphatic heterocycles. The lowest BCUT2D eigenvalue weighted by molar-refractivity contribution is 0.0305. The molecule has 3 nitrogen and oxygen atoms in total. The van der Waals surface area contributed by atoms with Crippen LogP contribution in [-0.4, -0.2) is 29.4 Å². The van der Waals surface area contributed by atoms with Crippen molar-refractivity contribution in [1.29, 1.82) is 0 Å². The molecule has 3 N–H and O–H groups in total. The predicted molar refractivity (Wildman–Crippen MR) is 72.4 cm³/mol. The summed E-state index contributed by atoms with van der Waals surface area (Å²) in [6.07, 6.45) is 2.11. The Balaban J connectivity index is 1.94. The molecular formula is C15H23NO2. The molecule has 2 unspecified atom stereocenters. The Labute approximate surface area is 109 Å². The molecule has 2 atom stereocenters. The molecule has 1 aromatic rings. The third-order valence-electron chi connectivity index (χ3n) is 3.76. The van der Waals surface area contributed by atoms with E-state index in [0.717, 1.165) is 31.0 Å². The number of rotatable bonds is 4. The fourth-order valence-electron chi connectivity index (χ4n) is 2.55. The highest BCUT2D eigenvalue weighted by Crippen LogP contribution is 2.21. The number of piperidine rings is 1. The second-order valence-corrected chi connectivity index (χ2v) is 5.32. The normalized spacial score (nSPS) is 20.6. The van der Waals surface area contributed by atoms with Crippen molar-refractivity contribution in [2.24, 2.45) is 5.92 Å². The van der Waals surface area contributed by atoms with E-state index in [0.29, 0.717) is 0 Å². The average Bonchev–Trinajstić information content (AvgIpc) is 2.40. The average molecular weight is 249 g/mol. The van der Waals surface area contributed by atoms with Gasteiger partial charge in [0.05, 0.1) is 6.10 Å². The van der Waals surface area contributed by atoms with Crippen LogP contribution in [0.25, 0.3) is 0 Å². The quantitative estimate of drug-likeness (QED) is 0.760. The lowest BCUT2D eigenvalue weighted by Gasteiger charge is -2.22. The summed E-state index contributed by atoms with van der Waals surface area (Å²) >= 11 is 0. The molecule has 1 saturated heterocycles. The fourth-order valence-corrected chi connectivity index (χ4v) is 2.55. The zero-order valence-corrected chi connectivity index (χ0v) is 11.0. The SMILES string of the molecule is CC(O)C(O)c1ccc(CC2CCNCC2)cc1. The van der Waals surface area contributed by atoms with E-state index in [1.54, 1.807) is 6.92 Å². The summed E-state index contributed by atoms with van der Waals surface area (Å²) in [7, 11) is 0. The van der Waals surface area contributed by atoms with Gasteiger partial charge in [-0.15, -0.1) is 0 Å². The molecule has 0 bridgehead atoms. The first-order valence-electron chi connectivity index (χ1n) is 6.82. The lowest BCUT2D eigenvalue weighted by atomic mass is 9.90. The van der Waals surface area contributed by atoms with Crippen molar-refractivity contribution in [3.05, 3.63) is 35.4 Å². The van der Waals surface area contributed by atoms with Crippen LogP contribution in [0.2, 0.25) is 0 Å². The van der Waals surface area contributed by atoms with E-state index in [1.807, 2.05) is 12.1 Å². The Hall–Kier alpha value is -0.900. The zero-order chi connectivity index (χ0) is 13.0. The molecule has 0 radical (unpaired) electrons. The Morgan fingerprint density at radius 1 is 1.17 bits per heavy atom. The van der Waals surface area contributed by atoms with Gasteiger partial charge < -0.3 is 15.5 Å². The van der Waals surface area contributed by atoms with Crippen LogP contribution in [-0.2, 0) is 6.42 Å². The first kappa shape index (κ1) is 13.5. The second kappa shape index (κ2) is 6.32. The monoisotopic (exact) mass is 249 g/mol. The molecule has 100 valence electrons. The number of aliphatic hydroxyl groups excluding tert-OH is 2. The molecule has 18 heavy (non-hydrogen) atoms. The van der Waals surface area contributed by atoms with Crippen LogP contribution in [0, 0.1) is 5.92 Å². The van der Waals surface area contributed by atoms with E-state index < -0.39 is 12.2 Å². The molecule has 2 rings (SSSR count). The highest BCUT2D eigenvalue weighted by Gasteiger charge is 2.15. The minimum absolute atomic E-state index is 0.722. The Bertz CT molecular complexity index is 355. The number of hydrogen-bond donors (Lipinski definition) is 3. The molecule has 0 spiro atoms. The van der Waals surface area contributed by atoms with Crippen molar-refractivity contribution in [3.8, 4) is 0 Å². The van der Waals surface area contributed by atoms with Gasteiger partial charge in [-0.05, 0) is 56.3 Å². The highest BCUT2D eigenvalue weighted by molar-refractivity contribution is 5.25. The van der Waals surface area contributed by atoms with Gasteiger partial charge in [0.2, 0.25) is 0 Å². The van der Waals surface area contributed by atoms with E-state index in [9.17, 15) is 10.2 Å². The summed E-state index contributed by atoms with van der Waals surface area (Å²) in [6, 6.07) is 7.99. The van der Waals surface area contributed by atoms with Crippen molar-refractivity contribution in [1.82, 2.24) is 5.32 Å². The summed E-state index contributed by atoms with van der Waals surface area (Å²) < 4.78 is 0. The van der Waals surface area contributed by atoms with Crippen LogP contribution < -0.4 is 5.32 Å². The summed E-state index contributed by atoms with van der Waals surface area (Å²) in [5.74, 6) is 0.777. The minimum Gasteiger partial charge on any atom is -0.390 e. The molecule has 0 amide bonds. The molecule has 0 saturated carbocycles. The summed E-state index contributed by atoms with van der Waals surface area (Å²) in [5.41, 5.74) is 2.11. The third kappa shape index (κ3) is 3.55. The molecule has 3 heteroatoms. The smallest absolute Gasteiger partial charge is 0.105 e. The van der Waals surface area contributed by atoms with Crippen LogP contribution in [0.4, 0.5) is 0 Å².